The minimum absolute atomic E-state index is 0.0471. The van der Waals surface area contributed by atoms with Crippen molar-refractivity contribution in [2.45, 2.75) is 117 Å². The first kappa shape index (κ1) is 60.4. The van der Waals surface area contributed by atoms with Crippen LogP contribution in [0.5, 0.6) is 11.5 Å². The third kappa shape index (κ3) is 20.6. The van der Waals surface area contributed by atoms with Crippen LogP contribution in [0.2, 0.25) is 0 Å². The Bertz CT molecular complexity index is 2480. The summed E-state index contributed by atoms with van der Waals surface area (Å²) in [7, 11) is -3.92. The van der Waals surface area contributed by atoms with E-state index in [1.165, 1.54) is 0 Å². The van der Waals surface area contributed by atoms with E-state index in [0.717, 1.165) is 28.0 Å². The van der Waals surface area contributed by atoms with Crippen LogP contribution in [0.4, 0.5) is 0 Å². The zero-order chi connectivity index (χ0) is 54.5. The fourth-order valence-electron chi connectivity index (χ4n) is 8.35. The molecule has 3 aromatic rings. The quantitative estimate of drug-likeness (QED) is 0.0252. The molecule has 0 saturated carbocycles. The van der Waals surface area contributed by atoms with E-state index in [2.05, 4.69) is 35.7 Å². The van der Waals surface area contributed by atoms with Gasteiger partial charge in [-0.2, -0.15) is 0 Å². The van der Waals surface area contributed by atoms with Crippen LogP contribution < -0.4 is 25.4 Å². The van der Waals surface area contributed by atoms with Gasteiger partial charge in [-0.25, -0.2) is 8.42 Å². The molecule has 2 fully saturated rings. The topological polar surface area (TPSA) is 239 Å². The lowest BCUT2D eigenvalue weighted by molar-refractivity contribution is -0.940. The highest BCUT2D eigenvalue weighted by molar-refractivity contribution is 7.84. The Morgan fingerprint density at radius 1 is 0.838 bits per heavy atom. The molecule has 3 N–H and O–H groups in total. The number of morpholine rings is 1. The molecule has 0 spiro atoms. The Hall–Kier alpha value is -6.17. The van der Waals surface area contributed by atoms with Crippen molar-refractivity contribution in [3.8, 4) is 23.8 Å². The standard InChI is InChI=1S/C54H71N5O10.CH4O3S/c1-8-16-49(61)69-46-24-22-42(34-47(46)67-29-9-2)35-59(27-30-66-31-28-59)36-48(60)58(53(65)54(7)37-68-54)45(23-21-40-17-12-10-13-18-40)52(64)57-43(32-39(5)6)51(63)56-44(33-41-19-14-11-15-20-41)50(62)55-26-25-38(3)4;1-5(2,3)4/h2,10-15,17-20,22,24,34,38-39,43-45H,8,16,21,23,25-33,35-37H2,1,3-7H3,(H2-,55,56,57,62,63,64);1H3,(H,2,3,4)/t43-,44-,45-,54+;/m0./s1. The molecule has 2 saturated heterocycles. The molecule has 0 aromatic heterocycles. The van der Waals surface area contributed by atoms with Gasteiger partial charge in [0, 0.05) is 31.2 Å². The van der Waals surface area contributed by atoms with Gasteiger partial charge in [-0.05, 0) is 80.2 Å². The first-order valence-corrected chi connectivity index (χ1v) is 27.1. The lowest BCUT2D eigenvalue weighted by Gasteiger charge is -2.42. The maximum atomic E-state index is 15.2. The van der Waals surface area contributed by atoms with Crippen molar-refractivity contribution in [3.05, 3.63) is 95.6 Å². The zero-order valence-electron chi connectivity index (χ0n) is 43.9. The Morgan fingerprint density at radius 3 is 2.01 bits per heavy atom. The van der Waals surface area contributed by atoms with Crippen LogP contribution in [0.1, 0.15) is 90.3 Å². The molecule has 19 heteroatoms. The number of esters is 1. The maximum Gasteiger partial charge on any atom is 0.311 e. The second-order valence-electron chi connectivity index (χ2n) is 20.0. The summed E-state index contributed by atoms with van der Waals surface area (Å²) in [5, 5.41) is 8.87. The Labute approximate surface area is 436 Å². The molecule has 18 nitrogen and oxygen atoms in total. The van der Waals surface area contributed by atoms with Crippen LogP contribution in [0, 0.1) is 24.2 Å². The van der Waals surface area contributed by atoms with Gasteiger partial charge in [0.25, 0.3) is 11.8 Å². The number of carbonyl (C=O) groups is 6. The van der Waals surface area contributed by atoms with Crippen LogP contribution in [-0.4, -0.2) is 140 Å². The minimum Gasteiger partial charge on any atom is -0.748 e. The van der Waals surface area contributed by atoms with Gasteiger partial charge in [0.2, 0.25) is 17.7 Å². The van der Waals surface area contributed by atoms with E-state index >= 15 is 9.59 Å². The van der Waals surface area contributed by atoms with Crippen molar-refractivity contribution in [1.82, 2.24) is 20.9 Å². The number of epoxide rings is 1. The number of terminal acetylenes is 1. The summed E-state index contributed by atoms with van der Waals surface area (Å²) in [6.45, 7) is 13.5. The number of aryl methyl sites for hydroxylation is 1. The summed E-state index contributed by atoms with van der Waals surface area (Å²) in [6.07, 6.45) is 8.52. The number of benzene rings is 3. The number of imide groups is 1. The number of nitrogens with one attached hydrogen (secondary N) is 3. The SMILES string of the molecule is C#CCOc1cc(C[N+]2(CC(=O)N(C(=O)[C@@]3(C)CO3)[C@@H](CCc3ccccc3)C(=O)N[C@@H](CC(C)C)C(=O)N[C@@H](Cc3ccccc3)C(=O)NCCC(C)C)CCOCC2)ccc1OC(=O)CCC.CS(=O)(=O)[O-]. The van der Waals surface area contributed by atoms with Crippen LogP contribution in [0.15, 0.2) is 78.9 Å². The van der Waals surface area contributed by atoms with Gasteiger partial charge in [-0.3, -0.25) is 33.7 Å². The number of rotatable bonds is 26. The summed E-state index contributed by atoms with van der Waals surface area (Å²) in [5.74, 6) is -0.00991. The van der Waals surface area contributed by atoms with Crippen LogP contribution in [0.25, 0.3) is 0 Å². The molecule has 3 aromatic carbocycles. The van der Waals surface area contributed by atoms with Crippen molar-refractivity contribution in [3.63, 3.8) is 0 Å². The fraction of sp³-hybridized carbons (Fsp3) is 0.527. The Balaban J connectivity index is 0.00000226. The second-order valence-corrected chi connectivity index (χ2v) is 21.4. The lowest BCUT2D eigenvalue weighted by Crippen LogP contribution is -2.64. The van der Waals surface area contributed by atoms with Crippen molar-refractivity contribution in [1.29, 1.82) is 0 Å². The third-order valence-electron chi connectivity index (χ3n) is 12.4. The molecule has 5 rings (SSSR count). The van der Waals surface area contributed by atoms with Gasteiger partial charge in [0.1, 0.15) is 44.4 Å². The van der Waals surface area contributed by atoms with E-state index in [0.29, 0.717) is 64.4 Å². The summed E-state index contributed by atoms with van der Waals surface area (Å²) in [6, 6.07) is 20.6. The number of quaternary nitrogens is 1. The van der Waals surface area contributed by atoms with Gasteiger partial charge < -0.3 is 43.9 Å². The molecule has 404 valence electrons. The fourth-order valence-corrected chi connectivity index (χ4v) is 8.35. The number of hydrogen-bond acceptors (Lipinski definition) is 13. The highest BCUT2D eigenvalue weighted by atomic mass is 32.2. The predicted octanol–water partition coefficient (Wildman–Crippen LogP) is 4.48. The van der Waals surface area contributed by atoms with E-state index in [9.17, 15) is 19.2 Å². The van der Waals surface area contributed by atoms with Crippen LogP contribution in [0.3, 0.4) is 0 Å². The lowest BCUT2D eigenvalue weighted by atomic mass is 9.98. The van der Waals surface area contributed by atoms with Crippen LogP contribution >= 0.6 is 0 Å². The summed E-state index contributed by atoms with van der Waals surface area (Å²) in [5.41, 5.74) is 1.14. The van der Waals surface area contributed by atoms with E-state index in [1.807, 2.05) is 81.4 Å². The van der Waals surface area contributed by atoms with Gasteiger partial charge in [0.05, 0.1) is 29.9 Å². The smallest absolute Gasteiger partial charge is 0.311 e. The molecule has 2 aliphatic heterocycles. The average Bonchev–Trinajstić information content (AvgIpc) is 4.10. The molecule has 0 aliphatic carbocycles. The average molecular weight is 1050 g/mol. The first-order chi connectivity index (χ1) is 35.0. The summed E-state index contributed by atoms with van der Waals surface area (Å²) >= 11 is 0. The minimum atomic E-state index is -3.92. The molecule has 0 bridgehead atoms. The number of ether oxygens (including phenoxy) is 4. The predicted molar refractivity (Wildman–Crippen MR) is 277 cm³/mol. The van der Waals surface area contributed by atoms with Gasteiger partial charge in [-0.15, -0.1) is 6.42 Å². The third-order valence-corrected chi connectivity index (χ3v) is 12.4. The van der Waals surface area contributed by atoms with Gasteiger partial charge >= 0.3 is 5.97 Å². The molecule has 74 heavy (non-hydrogen) atoms. The molecule has 2 heterocycles. The zero-order valence-corrected chi connectivity index (χ0v) is 44.7. The van der Waals surface area contributed by atoms with Crippen LogP contribution in [-0.2, 0) is 67.7 Å². The molecule has 4 atom stereocenters. The Kier molecular flexibility index (Phi) is 23.7. The van der Waals surface area contributed by atoms with E-state index in [4.69, 9.17) is 38.3 Å². The number of nitrogens with zero attached hydrogens (tertiary/aromatic N) is 2. The maximum absolute atomic E-state index is 15.2. The monoisotopic (exact) mass is 1050 g/mol. The number of amides is 5. The first-order valence-electron chi connectivity index (χ1n) is 25.3. The molecular formula is C55H75N5O13S. The van der Waals surface area contributed by atoms with Crippen molar-refractivity contribution in [2.24, 2.45) is 11.8 Å². The number of hydrogen-bond donors (Lipinski definition) is 3. The van der Waals surface area contributed by atoms with Crippen molar-refractivity contribution in [2.75, 3.05) is 58.9 Å². The highest BCUT2D eigenvalue weighted by Gasteiger charge is 2.54. The van der Waals surface area contributed by atoms with Crippen molar-refractivity contribution >= 4 is 45.6 Å². The van der Waals surface area contributed by atoms with Gasteiger partial charge in [-0.1, -0.05) is 101 Å². The van der Waals surface area contributed by atoms with E-state index in [-0.39, 0.29) is 73.2 Å². The van der Waals surface area contributed by atoms with E-state index < -0.39 is 63.4 Å². The molecule has 0 radical (unpaired) electrons. The van der Waals surface area contributed by atoms with Gasteiger partial charge in [0.15, 0.2) is 23.6 Å². The van der Waals surface area contributed by atoms with Crippen molar-refractivity contribution < 1.29 is 65.2 Å². The molecule has 2 aliphatic rings. The highest BCUT2D eigenvalue weighted by Crippen LogP contribution is 2.33. The normalized spacial score (nSPS) is 17.0. The molecular weight excluding hydrogens is 971 g/mol. The summed E-state index contributed by atoms with van der Waals surface area (Å²) < 4.78 is 50.3. The molecule has 5 amide bonds. The molecule has 0 unspecified atom stereocenters. The largest absolute Gasteiger partial charge is 0.748 e. The summed E-state index contributed by atoms with van der Waals surface area (Å²) in [4.78, 5) is 86.7. The second kappa shape index (κ2) is 29.1. The van der Waals surface area contributed by atoms with E-state index in [1.54, 1.807) is 25.1 Å². The number of carbonyl (C=O) groups excluding carboxylic acids is 6. The Morgan fingerprint density at radius 2 is 1.45 bits per heavy atom.